The zero-order valence-electron chi connectivity index (χ0n) is 8.51. The topological polar surface area (TPSA) is 46.0 Å². The number of aromatic hydroxyl groups is 1. The van der Waals surface area contributed by atoms with Crippen molar-refractivity contribution in [3.63, 3.8) is 0 Å². The van der Waals surface area contributed by atoms with E-state index in [1.807, 2.05) is 24.5 Å². The van der Waals surface area contributed by atoms with Crippen LogP contribution in [0.15, 0.2) is 35.5 Å². The first-order valence-corrected chi connectivity index (χ1v) is 6.16. The lowest BCUT2D eigenvalue weighted by Crippen LogP contribution is -1.85. The van der Waals surface area contributed by atoms with E-state index in [9.17, 15) is 5.11 Å². The highest BCUT2D eigenvalue weighted by molar-refractivity contribution is 7.98. The van der Waals surface area contributed by atoms with Crippen LogP contribution in [-0.2, 0) is 0 Å². The molecule has 0 amide bonds. The molecule has 0 bridgehead atoms. The van der Waals surface area contributed by atoms with E-state index in [4.69, 9.17) is 11.6 Å². The fourth-order valence-corrected chi connectivity index (χ4v) is 2.20. The predicted octanol–water partition coefficient (Wildman–Crippen LogP) is 3.22. The van der Waals surface area contributed by atoms with Crippen LogP contribution in [-0.4, -0.2) is 21.3 Å². The van der Waals surface area contributed by atoms with Crippen molar-refractivity contribution >= 4 is 23.4 Å². The van der Waals surface area contributed by atoms with Gasteiger partial charge in [-0.15, -0.1) is 11.8 Å². The van der Waals surface area contributed by atoms with Crippen LogP contribution < -0.4 is 0 Å². The summed E-state index contributed by atoms with van der Waals surface area (Å²) in [5.41, 5.74) is 1.52. The highest BCUT2D eigenvalue weighted by Crippen LogP contribution is 2.30. The molecule has 0 atom stereocenters. The summed E-state index contributed by atoms with van der Waals surface area (Å²) in [6.07, 6.45) is 3.29. The third kappa shape index (κ3) is 2.28. The SMILES string of the molecule is CSc1ccc(-c2cc(O)ncn2)cc1Cl. The summed E-state index contributed by atoms with van der Waals surface area (Å²) < 4.78 is 0. The van der Waals surface area contributed by atoms with Crippen molar-refractivity contribution in [3.8, 4) is 17.1 Å². The molecular formula is C11H9ClN2OS. The standard InChI is InChI=1S/C11H9ClN2OS/c1-16-10-3-2-7(4-8(10)12)9-5-11(15)14-6-13-9/h2-6H,1H3,(H,13,14,15). The summed E-state index contributed by atoms with van der Waals surface area (Å²) in [7, 11) is 0. The lowest BCUT2D eigenvalue weighted by molar-refractivity contribution is 0.452. The van der Waals surface area contributed by atoms with E-state index in [1.165, 1.54) is 12.4 Å². The molecule has 0 saturated carbocycles. The second-order valence-electron chi connectivity index (χ2n) is 3.11. The summed E-state index contributed by atoms with van der Waals surface area (Å²) in [6.45, 7) is 0. The van der Waals surface area contributed by atoms with Gasteiger partial charge in [0.1, 0.15) is 6.33 Å². The molecule has 0 fully saturated rings. The fourth-order valence-electron chi connectivity index (χ4n) is 1.33. The first kappa shape index (κ1) is 11.2. The van der Waals surface area contributed by atoms with Gasteiger partial charge in [0.25, 0.3) is 0 Å². The van der Waals surface area contributed by atoms with Crippen molar-refractivity contribution in [2.45, 2.75) is 4.90 Å². The number of benzene rings is 1. The number of hydrogen-bond acceptors (Lipinski definition) is 4. The van der Waals surface area contributed by atoms with Gasteiger partial charge >= 0.3 is 0 Å². The summed E-state index contributed by atoms with van der Waals surface area (Å²) >= 11 is 7.68. The smallest absolute Gasteiger partial charge is 0.214 e. The Hall–Kier alpha value is -1.26. The first-order valence-electron chi connectivity index (χ1n) is 4.55. The van der Waals surface area contributed by atoms with Gasteiger partial charge in [-0.25, -0.2) is 9.97 Å². The normalized spacial score (nSPS) is 10.4. The molecule has 2 rings (SSSR count). The molecule has 0 spiro atoms. The lowest BCUT2D eigenvalue weighted by atomic mass is 10.1. The van der Waals surface area contributed by atoms with Crippen LogP contribution in [0.1, 0.15) is 0 Å². The van der Waals surface area contributed by atoms with Gasteiger partial charge in [-0.05, 0) is 18.4 Å². The number of rotatable bonds is 2. The molecule has 16 heavy (non-hydrogen) atoms. The van der Waals surface area contributed by atoms with Crippen LogP contribution in [0.4, 0.5) is 0 Å². The molecule has 5 heteroatoms. The molecule has 82 valence electrons. The quantitative estimate of drug-likeness (QED) is 0.834. The van der Waals surface area contributed by atoms with E-state index in [-0.39, 0.29) is 5.88 Å². The minimum atomic E-state index is -0.0462. The van der Waals surface area contributed by atoms with Gasteiger partial charge in [-0.2, -0.15) is 0 Å². The fraction of sp³-hybridized carbons (Fsp3) is 0.0909. The highest BCUT2D eigenvalue weighted by Gasteiger charge is 2.04. The van der Waals surface area contributed by atoms with Crippen molar-refractivity contribution in [2.24, 2.45) is 0 Å². The zero-order chi connectivity index (χ0) is 11.5. The Morgan fingerprint density at radius 3 is 2.69 bits per heavy atom. The van der Waals surface area contributed by atoms with Gasteiger partial charge in [-0.1, -0.05) is 17.7 Å². The molecule has 1 N–H and O–H groups in total. The molecule has 0 aliphatic heterocycles. The van der Waals surface area contributed by atoms with Crippen molar-refractivity contribution in [3.05, 3.63) is 35.6 Å². The largest absolute Gasteiger partial charge is 0.493 e. The average Bonchev–Trinajstić information content (AvgIpc) is 2.29. The third-order valence-electron chi connectivity index (χ3n) is 2.10. The maximum Gasteiger partial charge on any atom is 0.214 e. The van der Waals surface area contributed by atoms with Crippen LogP contribution in [0.2, 0.25) is 5.02 Å². The second-order valence-corrected chi connectivity index (χ2v) is 4.37. The molecule has 1 aromatic carbocycles. The van der Waals surface area contributed by atoms with Crippen LogP contribution in [0.25, 0.3) is 11.3 Å². The predicted molar refractivity (Wildman–Crippen MR) is 65.9 cm³/mol. The van der Waals surface area contributed by atoms with Crippen molar-refractivity contribution < 1.29 is 5.11 Å². The molecule has 2 aromatic rings. The summed E-state index contributed by atoms with van der Waals surface area (Å²) in [5.74, 6) is -0.0462. The Kier molecular flexibility index (Phi) is 3.31. The van der Waals surface area contributed by atoms with Gasteiger partial charge in [0.2, 0.25) is 5.88 Å². The summed E-state index contributed by atoms with van der Waals surface area (Å²) in [6, 6.07) is 7.18. The van der Waals surface area contributed by atoms with E-state index in [0.717, 1.165) is 10.5 Å². The maximum absolute atomic E-state index is 9.26. The lowest BCUT2D eigenvalue weighted by Gasteiger charge is -2.04. The number of hydrogen-bond donors (Lipinski definition) is 1. The van der Waals surface area contributed by atoms with E-state index >= 15 is 0 Å². The van der Waals surface area contributed by atoms with Crippen LogP contribution in [0.3, 0.4) is 0 Å². The molecule has 0 unspecified atom stereocenters. The monoisotopic (exact) mass is 252 g/mol. The van der Waals surface area contributed by atoms with E-state index in [1.54, 1.807) is 11.8 Å². The number of halogens is 1. The van der Waals surface area contributed by atoms with Crippen LogP contribution >= 0.6 is 23.4 Å². The van der Waals surface area contributed by atoms with Crippen LogP contribution in [0, 0.1) is 0 Å². The Bertz CT molecular complexity index is 519. The molecule has 1 heterocycles. The van der Waals surface area contributed by atoms with Crippen molar-refractivity contribution in [1.82, 2.24) is 9.97 Å². The van der Waals surface area contributed by atoms with Gasteiger partial charge in [0.05, 0.1) is 10.7 Å². The Labute approximate surface area is 103 Å². The molecule has 3 nitrogen and oxygen atoms in total. The molecule has 0 radical (unpaired) electrons. The average molecular weight is 253 g/mol. The molecule has 0 aliphatic rings. The summed E-state index contributed by atoms with van der Waals surface area (Å²) in [5, 5.41) is 9.94. The van der Waals surface area contributed by atoms with Gasteiger partial charge in [0.15, 0.2) is 0 Å². The van der Waals surface area contributed by atoms with E-state index in [2.05, 4.69) is 9.97 Å². The Balaban J connectivity index is 2.45. The first-order chi connectivity index (χ1) is 7.70. The minimum Gasteiger partial charge on any atom is -0.493 e. The number of thioether (sulfide) groups is 1. The molecular weight excluding hydrogens is 244 g/mol. The zero-order valence-corrected chi connectivity index (χ0v) is 10.1. The van der Waals surface area contributed by atoms with Gasteiger partial charge in [0, 0.05) is 16.5 Å². The number of nitrogens with zero attached hydrogens (tertiary/aromatic N) is 2. The van der Waals surface area contributed by atoms with Crippen molar-refractivity contribution in [2.75, 3.05) is 6.26 Å². The maximum atomic E-state index is 9.26. The molecule has 0 saturated heterocycles. The highest BCUT2D eigenvalue weighted by atomic mass is 35.5. The van der Waals surface area contributed by atoms with Crippen molar-refractivity contribution in [1.29, 1.82) is 0 Å². The van der Waals surface area contributed by atoms with E-state index < -0.39 is 0 Å². The van der Waals surface area contributed by atoms with Gasteiger partial charge in [-0.3, -0.25) is 0 Å². The Morgan fingerprint density at radius 1 is 1.25 bits per heavy atom. The summed E-state index contributed by atoms with van der Waals surface area (Å²) in [4.78, 5) is 8.72. The second kappa shape index (κ2) is 4.72. The molecule has 0 aliphatic carbocycles. The molecule has 1 aromatic heterocycles. The van der Waals surface area contributed by atoms with Crippen LogP contribution in [0.5, 0.6) is 5.88 Å². The number of aromatic nitrogens is 2. The third-order valence-corrected chi connectivity index (χ3v) is 3.32. The Morgan fingerprint density at radius 2 is 2.06 bits per heavy atom. The van der Waals surface area contributed by atoms with E-state index in [0.29, 0.717) is 10.7 Å². The minimum absolute atomic E-state index is 0.0462. The van der Waals surface area contributed by atoms with Gasteiger partial charge < -0.3 is 5.11 Å².